The summed E-state index contributed by atoms with van der Waals surface area (Å²) in [6.45, 7) is 9.69. The van der Waals surface area contributed by atoms with E-state index >= 15 is 0 Å². The molecule has 0 bridgehead atoms. The van der Waals surface area contributed by atoms with E-state index in [1.165, 1.54) is 36.9 Å². The van der Waals surface area contributed by atoms with E-state index in [9.17, 15) is 0 Å². The van der Waals surface area contributed by atoms with Crippen molar-refractivity contribution in [2.24, 2.45) is 5.73 Å². The lowest BCUT2D eigenvalue weighted by Gasteiger charge is -2.29. The maximum absolute atomic E-state index is 5.82. The van der Waals surface area contributed by atoms with Crippen LogP contribution in [0.2, 0.25) is 0 Å². The van der Waals surface area contributed by atoms with Crippen LogP contribution in [0.3, 0.4) is 0 Å². The van der Waals surface area contributed by atoms with Gasteiger partial charge in [-0.3, -0.25) is 4.90 Å². The highest BCUT2D eigenvalue weighted by Gasteiger charge is 2.13. The lowest BCUT2D eigenvalue weighted by Crippen LogP contribution is -2.33. The molecule has 1 aromatic rings. The zero-order valence-electron chi connectivity index (χ0n) is 12.2. The SMILES string of the molecule is CCCCN(Cc1ccccc1CN)C(C)CC. The molecule has 2 nitrogen and oxygen atoms in total. The van der Waals surface area contributed by atoms with Crippen LogP contribution in [0.4, 0.5) is 0 Å². The molecule has 1 unspecified atom stereocenters. The second-order valence-electron chi connectivity index (χ2n) is 5.05. The predicted molar refractivity (Wildman–Crippen MR) is 79.4 cm³/mol. The maximum atomic E-state index is 5.82. The number of benzene rings is 1. The van der Waals surface area contributed by atoms with E-state index in [1.54, 1.807) is 0 Å². The predicted octanol–water partition coefficient (Wildman–Crippen LogP) is 3.55. The van der Waals surface area contributed by atoms with Gasteiger partial charge in [-0.25, -0.2) is 0 Å². The molecule has 2 N–H and O–H groups in total. The second kappa shape index (κ2) is 8.28. The second-order valence-corrected chi connectivity index (χ2v) is 5.05. The fourth-order valence-corrected chi connectivity index (χ4v) is 2.20. The molecule has 0 radical (unpaired) electrons. The van der Waals surface area contributed by atoms with Gasteiger partial charge in [-0.2, -0.15) is 0 Å². The van der Waals surface area contributed by atoms with Crippen LogP contribution in [0.15, 0.2) is 24.3 Å². The van der Waals surface area contributed by atoms with Crippen molar-refractivity contribution in [3.05, 3.63) is 35.4 Å². The van der Waals surface area contributed by atoms with Gasteiger partial charge in [0.25, 0.3) is 0 Å². The monoisotopic (exact) mass is 248 g/mol. The van der Waals surface area contributed by atoms with E-state index in [2.05, 4.69) is 49.9 Å². The van der Waals surface area contributed by atoms with Crippen molar-refractivity contribution in [2.75, 3.05) is 6.54 Å². The summed E-state index contributed by atoms with van der Waals surface area (Å²) in [7, 11) is 0. The largest absolute Gasteiger partial charge is 0.326 e. The Morgan fingerprint density at radius 3 is 2.39 bits per heavy atom. The molecule has 1 aromatic carbocycles. The summed E-state index contributed by atoms with van der Waals surface area (Å²) in [5.41, 5.74) is 8.48. The Morgan fingerprint density at radius 1 is 1.17 bits per heavy atom. The van der Waals surface area contributed by atoms with Gasteiger partial charge in [-0.05, 0) is 37.4 Å². The molecule has 1 atom stereocenters. The van der Waals surface area contributed by atoms with Crippen LogP contribution in [0, 0.1) is 0 Å². The summed E-state index contributed by atoms with van der Waals surface area (Å²) in [5, 5.41) is 0. The third-order valence-electron chi connectivity index (χ3n) is 3.72. The van der Waals surface area contributed by atoms with Crippen LogP contribution in [-0.2, 0) is 13.1 Å². The van der Waals surface area contributed by atoms with Crippen molar-refractivity contribution in [1.29, 1.82) is 0 Å². The summed E-state index contributed by atoms with van der Waals surface area (Å²) >= 11 is 0. The van der Waals surface area contributed by atoms with Crippen molar-refractivity contribution in [3.63, 3.8) is 0 Å². The first-order valence-electron chi connectivity index (χ1n) is 7.23. The summed E-state index contributed by atoms with van der Waals surface area (Å²) in [6, 6.07) is 9.18. The summed E-state index contributed by atoms with van der Waals surface area (Å²) in [4.78, 5) is 2.58. The van der Waals surface area contributed by atoms with Crippen molar-refractivity contribution >= 4 is 0 Å². The molecule has 0 fully saturated rings. The lowest BCUT2D eigenvalue weighted by atomic mass is 10.1. The number of rotatable bonds is 8. The Bertz CT molecular complexity index is 336. The zero-order chi connectivity index (χ0) is 13.4. The van der Waals surface area contributed by atoms with E-state index in [0.29, 0.717) is 12.6 Å². The molecule has 18 heavy (non-hydrogen) atoms. The van der Waals surface area contributed by atoms with Crippen LogP contribution in [0.25, 0.3) is 0 Å². The Kier molecular flexibility index (Phi) is 6.99. The van der Waals surface area contributed by atoms with Crippen molar-refractivity contribution < 1.29 is 0 Å². The van der Waals surface area contributed by atoms with Crippen LogP contribution < -0.4 is 5.73 Å². The van der Waals surface area contributed by atoms with Crippen LogP contribution in [0.5, 0.6) is 0 Å². The number of hydrogen-bond acceptors (Lipinski definition) is 2. The third-order valence-corrected chi connectivity index (χ3v) is 3.72. The minimum atomic E-state index is 0.637. The quantitative estimate of drug-likeness (QED) is 0.762. The number of hydrogen-bond donors (Lipinski definition) is 1. The zero-order valence-corrected chi connectivity index (χ0v) is 12.2. The highest BCUT2D eigenvalue weighted by Crippen LogP contribution is 2.15. The molecule has 0 aliphatic carbocycles. The van der Waals surface area contributed by atoms with Crippen molar-refractivity contribution in [2.45, 2.75) is 59.2 Å². The van der Waals surface area contributed by atoms with Gasteiger partial charge >= 0.3 is 0 Å². The molecule has 2 heteroatoms. The Balaban J connectivity index is 2.74. The van der Waals surface area contributed by atoms with Crippen LogP contribution >= 0.6 is 0 Å². The molecule has 0 aliphatic rings. The van der Waals surface area contributed by atoms with Gasteiger partial charge in [0.1, 0.15) is 0 Å². The summed E-state index contributed by atoms with van der Waals surface area (Å²) in [6.07, 6.45) is 3.73. The standard InChI is InChI=1S/C16H28N2/c1-4-6-11-18(14(3)5-2)13-16-10-8-7-9-15(16)12-17/h7-10,14H,4-6,11-13,17H2,1-3H3. The molecule has 0 heterocycles. The minimum Gasteiger partial charge on any atom is -0.326 e. The Morgan fingerprint density at radius 2 is 1.83 bits per heavy atom. The average Bonchev–Trinajstić information content (AvgIpc) is 2.42. The molecule has 102 valence electrons. The highest BCUT2D eigenvalue weighted by molar-refractivity contribution is 5.26. The normalized spacial score (nSPS) is 12.9. The van der Waals surface area contributed by atoms with Gasteiger partial charge in [-0.1, -0.05) is 44.5 Å². The minimum absolute atomic E-state index is 0.637. The van der Waals surface area contributed by atoms with Gasteiger partial charge in [0.15, 0.2) is 0 Å². The maximum Gasteiger partial charge on any atom is 0.0239 e. The van der Waals surface area contributed by atoms with E-state index in [0.717, 1.165) is 6.54 Å². The van der Waals surface area contributed by atoms with E-state index in [1.807, 2.05) is 0 Å². The molecule has 0 aromatic heterocycles. The van der Waals surface area contributed by atoms with Gasteiger partial charge in [0.05, 0.1) is 0 Å². The fraction of sp³-hybridized carbons (Fsp3) is 0.625. The molecule has 0 spiro atoms. The van der Waals surface area contributed by atoms with Crippen molar-refractivity contribution in [3.8, 4) is 0 Å². The van der Waals surface area contributed by atoms with E-state index in [4.69, 9.17) is 5.73 Å². The molecule has 0 aliphatic heterocycles. The molecule has 1 rings (SSSR count). The van der Waals surface area contributed by atoms with Crippen molar-refractivity contribution in [1.82, 2.24) is 4.90 Å². The molecule has 0 saturated carbocycles. The third kappa shape index (κ3) is 4.43. The number of nitrogens with zero attached hydrogens (tertiary/aromatic N) is 1. The Hall–Kier alpha value is -0.860. The molecular formula is C16H28N2. The Labute approximate surface area is 112 Å². The molecular weight excluding hydrogens is 220 g/mol. The average molecular weight is 248 g/mol. The lowest BCUT2D eigenvalue weighted by molar-refractivity contribution is 0.192. The fourth-order valence-electron chi connectivity index (χ4n) is 2.20. The summed E-state index contributed by atoms with van der Waals surface area (Å²) in [5.74, 6) is 0. The van der Waals surface area contributed by atoms with Gasteiger partial charge in [0.2, 0.25) is 0 Å². The topological polar surface area (TPSA) is 29.3 Å². The summed E-state index contributed by atoms with van der Waals surface area (Å²) < 4.78 is 0. The molecule has 0 amide bonds. The first kappa shape index (κ1) is 15.2. The number of unbranched alkanes of at least 4 members (excludes halogenated alkanes) is 1. The smallest absolute Gasteiger partial charge is 0.0239 e. The number of nitrogens with two attached hydrogens (primary N) is 1. The van der Waals surface area contributed by atoms with E-state index < -0.39 is 0 Å². The van der Waals surface area contributed by atoms with Gasteiger partial charge in [-0.15, -0.1) is 0 Å². The van der Waals surface area contributed by atoms with Gasteiger partial charge < -0.3 is 5.73 Å². The van der Waals surface area contributed by atoms with Crippen LogP contribution in [-0.4, -0.2) is 17.5 Å². The van der Waals surface area contributed by atoms with Gasteiger partial charge in [0, 0.05) is 19.1 Å². The first-order chi connectivity index (χ1) is 8.72. The van der Waals surface area contributed by atoms with Crippen LogP contribution in [0.1, 0.15) is 51.2 Å². The highest BCUT2D eigenvalue weighted by atomic mass is 15.1. The first-order valence-corrected chi connectivity index (χ1v) is 7.23. The van der Waals surface area contributed by atoms with E-state index in [-0.39, 0.29) is 0 Å². The molecule has 0 saturated heterocycles.